The lowest BCUT2D eigenvalue weighted by Crippen LogP contribution is -2.41. The fourth-order valence-corrected chi connectivity index (χ4v) is 1.93. The Labute approximate surface area is 142 Å². The molecule has 0 spiro atoms. The predicted molar refractivity (Wildman–Crippen MR) is 83.6 cm³/mol. The van der Waals surface area contributed by atoms with E-state index >= 15 is 4.39 Å². The third-order valence-electron chi connectivity index (χ3n) is 3.89. The highest BCUT2D eigenvalue weighted by Crippen LogP contribution is 2.36. The van der Waals surface area contributed by atoms with Gasteiger partial charge in [-0.3, -0.25) is 0 Å². The molecule has 21 heavy (non-hydrogen) atoms. The van der Waals surface area contributed by atoms with Crippen molar-refractivity contribution in [2.45, 2.75) is 51.6 Å². The van der Waals surface area contributed by atoms with Gasteiger partial charge in [-0.1, -0.05) is 6.04 Å². The van der Waals surface area contributed by atoms with Crippen molar-refractivity contribution in [1.82, 2.24) is 0 Å². The van der Waals surface area contributed by atoms with Gasteiger partial charge >= 0.3 is 7.12 Å². The van der Waals surface area contributed by atoms with E-state index < -0.39 is 79.2 Å². The Hall–Kier alpha value is -1.07. The van der Waals surface area contributed by atoms with E-state index in [9.17, 15) is 0 Å². The van der Waals surface area contributed by atoms with Crippen molar-refractivity contribution in [2.75, 3.05) is 17.9 Å². The smallest absolute Gasteiger partial charge is 0.399 e. The first-order valence-electron chi connectivity index (χ1n) is 12.0. The lowest BCUT2D eigenvalue weighted by Gasteiger charge is -2.32. The number of rotatable bonds is 2. The Morgan fingerprint density at radius 3 is 2.33 bits per heavy atom. The van der Waals surface area contributed by atoms with Gasteiger partial charge in [-0.25, -0.2) is 4.39 Å². The van der Waals surface area contributed by atoms with Crippen molar-refractivity contribution in [3.63, 3.8) is 0 Å². The lowest BCUT2D eigenvalue weighted by molar-refractivity contribution is 0.00578. The van der Waals surface area contributed by atoms with E-state index in [0.717, 1.165) is 0 Å². The molecule has 0 aliphatic carbocycles. The minimum Gasteiger partial charge on any atom is -0.399 e. The van der Waals surface area contributed by atoms with Crippen LogP contribution in [0.4, 0.5) is 10.1 Å². The zero-order valence-corrected chi connectivity index (χ0v) is 12.2. The molecule has 2 heterocycles. The molecular weight excluding hydrogens is 268 g/mol. The molecule has 3 rings (SSSR count). The van der Waals surface area contributed by atoms with E-state index in [0.29, 0.717) is 0 Å². The second-order valence-electron chi connectivity index (χ2n) is 5.85. The normalized spacial score (nSPS) is 41.1. The summed E-state index contributed by atoms with van der Waals surface area (Å²) in [4.78, 5) is -0.0835. The molecule has 2 saturated heterocycles. The molecule has 1 aromatic rings. The van der Waals surface area contributed by atoms with Gasteiger partial charge in [0, 0.05) is 35.1 Å². The molecule has 0 amide bonds. The average Bonchev–Trinajstić information content (AvgIpc) is 2.86. The van der Waals surface area contributed by atoms with Crippen LogP contribution in [0.25, 0.3) is 0 Å². The van der Waals surface area contributed by atoms with Crippen molar-refractivity contribution in [3.8, 4) is 0 Å². The average molecular weight is 302 g/mol. The molecular formula is C16H23BFNO2. The first kappa shape index (κ1) is 6.59. The second-order valence-corrected chi connectivity index (χ2v) is 5.85. The van der Waals surface area contributed by atoms with Crippen molar-refractivity contribution < 1.29 is 28.8 Å². The maximum absolute atomic E-state index is 15.4. The Balaban J connectivity index is 2.26. The highest BCUT2D eigenvalue weighted by atomic mass is 19.1. The van der Waals surface area contributed by atoms with E-state index in [4.69, 9.17) is 24.4 Å². The summed E-state index contributed by atoms with van der Waals surface area (Å²) in [5, 5.41) is 0. The van der Waals surface area contributed by atoms with Crippen LogP contribution in [-0.4, -0.2) is 31.3 Å². The number of halogens is 1. The second kappa shape index (κ2) is 4.99. The van der Waals surface area contributed by atoms with Crippen LogP contribution in [0.5, 0.6) is 0 Å². The third-order valence-corrected chi connectivity index (χ3v) is 3.89. The third kappa shape index (κ3) is 2.57. The van der Waals surface area contributed by atoms with E-state index in [1.54, 1.807) is 27.7 Å². The van der Waals surface area contributed by atoms with Crippen LogP contribution in [0.1, 0.15) is 55.5 Å². The maximum Gasteiger partial charge on any atom is 0.497 e. The highest BCUT2D eigenvalue weighted by molar-refractivity contribution is 6.62. The molecule has 0 radical (unpaired) electrons. The molecule has 0 N–H and O–H groups in total. The van der Waals surface area contributed by atoms with Gasteiger partial charge in [-0.2, -0.15) is 0 Å². The summed E-state index contributed by atoms with van der Waals surface area (Å²) < 4.78 is 115. The van der Waals surface area contributed by atoms with Crippen LogP contribution in [0.15, 0.2) is 18.1 Å². The van der Waals surface area contributed by atoms with Crippen LogP contribution in [-0.2, 0) is 9.31 Å². The van der Waals surface area contributed by atoms with Gasteiger partial charge in [-0.15, -0.1) is 0 Å². The molecule has 2 aliphatic heterocycles. The summed E-state index contributed by atoms with van der Waals surface area (Å²) in [5.41, 5.74) is -3.55. The highest BCUT2D eigenvalue weighted by Gasteiger charge is 2.52. The zero-order chi connectivity index (χ0) is 25.0. The first-order chi connectivity index (χ1) is 14.1. The zero-order valence-electron chi connectivity index (χ0n) is 23.2. The SMILES string of the molecule is [2H]c1c([2H])c(N2C([2H])([2H])C([2H])([2H])C([2H])([2H])C2([2H])[2H])c([2H])c(F)c1B1OC(C)(C)C(C)(C)O1. The number of nitrogens with zero attached hydrogens (tertiary/aromatic N) is 1. The van der Waals surface area contributed by atoms with Crippen LogP contribution in [0.2, 0.25) is 0 Å². The molecule has 0 aromatic heterocycles. The van der Waals surface area contributed by atoms with Gasteiger partial charge in [0.25, 0.3) is 0 Å². The predicted octanol–water partition coefficient (Wildman–Crippen LogP) is 2.73. The summed E-state index contributed by atoms with van der Waals surface area (Å²) >= 11 is 0. The summed E-state index contributed by atoms with van der Waals surface area (Å²) in [5.74, 6) is -1.43. The van der Waals surface area contributed by atoms with Gasteiger partial charge in [-0.05, 0) is 52.5 Å². The van der Waals surface area contributed by atoms with Crippen molar-refractivity contribution in [1.29, 1.82) is 0 Å². The summed E-state index contributed by atoms with van der Waals surface area (Å²) in [7, 11) is -1.47. The minimum atomic E-state index is -3.44. The number of benzene rings is 1. The number of hydrogen-bond donors (Lipinski definition) is 0. The number of anilines is 1. The van der Waals surface area contributed by atoms with Crippen molar-refractivity contribution in [2.24, 2.45) is 0 Å². The van der Waals surface area contributed by atoms with E-state index in [2.05, 4.69) is 0 Å². The summed E-state index contributed by atoms with van der Waals surface area (Å²) in [6.45, 7) is -0.160. The molecule has 114 valence electrons. The molecule has 0 unspecified atom stereocenters. The monoisotopic (exact) mass is 302 g/mol. The van der Waals surface area contributed by atoms with Crippen LogP contribution >= 0.6 is 0 Å². The fraction of sp³-hybridized carbons (Fsp3) is 0.625. The lowest BCUT2D eigenvalue weighted by atomic mass is 9.78. The van der Waals surface area contributed by atoms with E-state index in [-0.39, 0.29) is 4.90 Å². The van der Waals surface area contributed by atoms with Crippen molar-refractivity contribution >= 4 is 18.3 Å². The Morgan fingerprint density at radius 2 is 1.76 bits per heavy atom. The van der Waals surface area contributed by atoms with Gasteiger partial charge < -0.3 is 14.2 Å². The fourth-order valence-electron chi connectivity index (χ4n) is 1.93. The Bertz CT molecular complexity index is 914. The minimum absolute atomic E-state index is 0.0835. The van der Waals surface area contributed by atoms with Gasteiger partial charge in [0.1, 0.15) is 5.82 Å². The largest absolute Gasteiger partial charge is 0.497 e. The molecule has 2 aliphatic rings. The molecule has 0 bridgehead atoms. The molecule has 0 saturated carbocycles. The summed E-state index contributed by atoms with van der Waals surface area (Å²) in [6.07, 6.45) is -6.88. The van der Waals surface area contributed by atoms with E-state index in [1.807, 2.05) is 0 Å². The maximum atomic E-state index is 15.4. The van der Waals surface area contributed by atoms with Gasteiger partial charge in [0.05, 0.1) is 15.3 Å². The number of hydrogen-bond acceptors (Lipinski definition) is 3. The topological polar surface area (TPSA) is 21.7 Å². The van der Waals surface area contributed by atoms with Crippen molar-refractivity contribution in [3.05, 3.63) is 23.9 Å². The first-order valence-corrected chi connectivity index (χ1v) is 6.53. The van der Waals surface area contributed by atoms with Crippen LogP contribution in [0, 0.1) is 5.82 Å². The standard InChI is InChI=1S/C16H23BFNO2/c1-15(2)16(3,4)21-17(20-15)13-8-7-12(11-14(13)18)19-9-5-6-10-19/h7-8,11H,5-6,9-10H2,1-4H3/i5D2,6D2,7D,8D,9D2,10D2,11D. The molecule has 0 atom stereocenters. The molecule has 3 nitrogen and oxygen atoms in total. The molecule has 2 fully saturated rings. The molecule has 1 aromatic carbocycles. The quantitative estimate of drug-likeness (QED) is 0.784. The van der Waals surface area contributed by atoms with E-state index in [1.165, 1.54) is 0 Å². The van der Waals surface area contributed by atoms with Gasteiger partial charge in [0.15, 0.2) is 0 Å². The summed E-state index contributed by atoms with van der Waals surface area (Å²) in [6, 6.07) is -3.05. The van der Waals surface area contributed by atoms with Crippen LogP contribution in [0.3, 0.4) is 0 Å². The Morgan fingerprint density at radius 1 is 1.19 bits per heavy atom. The van der Waals surface area contributed by atoms with Crippen LogP contribution < -0.4 is 10.4 Å². The molecule has 5 heteroatoms. The Kier molecular flexibility index (Phi) is 1.57. The van der Waals surface area contributed by atoms with Gasteiger partial charge in [0.2, 0.25) is 0 Å².